The molecule has 150 valence electrons. The second kappa shape index (κ2) is 7.95. The van der Waals surface area contributed by atoms with E-state index < -0.39 is 0 Å². The molecule has 2 bridgehead atoms. The van der Waals surface area contributed by atoms with Crippen LogP contribution in [0, 0.1) is 0 Å². The van der Waals surface area contributed by atoms with Gasteiger partial charge in [0.05, 0.1) is 5.56 Å². The number of aromatic nitrogens is 1. The number of aryl methyl sites for hydroxylation is 1. The number of ether oxygens (including phenoxy) is 1. The number of rotatable bonds is 2. The van der Waals surface area contributed by atoms with Gasteiger partial charge in [0.2, 0.25) is 0 Å². The Hall–Kier alpha value is -2.34. The highest BCUT2D eigenvalue weighted by atomic mass is 16.5. The first-order valence-electron chi connectivity index (χ1n) is 10.2. The molecule has 3 aliphatic heterocycles. The number of piperidine rings is 2. The van der Waals surface area contributed by atoms with Crippen LogP contribution in [0.25, 0.3) is 10.9 Å². The molecule has 2 saturated heterocycles. The smallest absolute Gasteiger partial charge is 0.340 e. The monoisotopic (exact) mass is 384 g/mol. The first-order valence-corrected chi connectivity index (χ1v) is 10.2. The normalized spacial score (nSPS) is 26.2. The average molecular weight is 384 g/mol. The van der Waals surface area contributed by atoms with E-state index in [1.54, 1.807) is 0 Å². The van der Waals surface area contributed by atoms with Crippen LogP contribution in [0.15, 0.2) is 24.3 Å². The summed E-state index contributed by atoms with van der Waals surface area (Å²) in [5, 5.41) is 7.95. The fourth-order valence-electron chi connectivity index (χ4n) is 5.38. The van der Waals surface area contributed by atoms with E-state index in [1.165, 1.54) is 30.5 Å². The Bertz CT molecular complexity index is 861. The molecule has 0 amide bonds. The van der Waals surface area contributed by atoms with Gasteiger partial charge in [-0.2, -0.15) is 0 Å². The van der Waals surface area contributed by atoms with Crippen molar-refractivity contribution in [3.63, 3.8) is 0 Å². The lowest BCUT2D eigenvalue weighted by molar-refractivity contribution is -0.122. The van der Waals surface area contributed by atoms with Crippen molar-refractivity contribution < 1.29 is 19.4 Å². The van der Waals surface area contributed by atoms with Gasteiger partial charge in [-0.25, -0.2) is 4.79 Å². The molecule has 1 aromatic carbocycles. The summed E-state index contributed by atoms with van der Waals surface area (Å²) < 4.78 is 8.39. The van der Waals surface area contributed by atoms with Crippen molar-refractivity contribution in [3.8, 4) is 0 Å². The van der Waals surface area contributed by atoms with Crippen LogP contribution in [0.3, 0.4) is 0 Å². The van der Waals surface area contributed by atoms with Gasteiger partial charge in [-0.15, -0.1) is 0 Å². The van der Waals surface area contributed by atoms with Crippen LogP contribution in [0.2, 0.25) is 0 Å². The van der Waals surface area contributed by atoms with Gasteiger partial charge < -0.3 is 19.3 Å². The van der Waals surface area contributed by atoms with Gasteiger partial charge in [0.1, 0.15) is 6.10 Å². The highest BCUT2D eigenvalue weighted by Crippen LogP contribution is 2.36. The van der Waals surface area contributed by atoms with Crippen LogP contribution in [0.5, 0.6) is 0 Å². The molecule has 3 aliphatic rings. The minimum absolute atomic E-state index is 0.0784. The Labute approximate surface area is 165 Å². The number of nitrogens with zero attached hydrogens (tertiary/aromatic N) is 2. The average Bonchev–Trinajstić information content (AvgIpc) is 3.24. The standard InChI is InChI=1S/C21H26N2O2.CH2O2/c1-22-14-6-4-7-15(22)13-16(12-14)25-21(24)20-17-8-2-3-9-18(17)23-11-5-10-19(20)23;2-1-3/h2-3,8-9,14-16H,4-7,10-13H2,1H3;1H,(H,2,3)/t14-,15+,16?;. The zero-order valence-electron chi connectivity index (χ0n) is 16.3. The van der Waals surface area contributed by atoms with E-state index in [0.29, 0.717) is 12.1 Å². The van der Waals surface area contributed by atoms with Gasteiger partial charge in [0.25, 0.3) is 6.47 Å². The number of carboxylic acid groups (broad SMARTS) is 1. The topological polar surface area (TPSA) is 71.8 Å². The molecule has 0 saturated carbocycles. The predicted molar refractivity (Wildman–Crippen MR) is 107 cm³/mol. The molecule has 1 aromatic heterocycles. The van der Waals surface area contributed by atoms with Crippen LogP contribution >= 0.6 is 0 Å². The lowest BCUT2D eigenvalue weighted by Crippen LogP contribution is -2.52. The summed E-state index contributed by atoms with van der Waals surface area (Å²) in [4.78, 5) is 24.0. The number of esters is 1. The molecule has 0 radical (unpaired) electrons. The third-order valence-electron chi connectivity index (χ3n) is 6.65. The van der Waals surface area contributed by atoms with Crippen LogP contribution in [-0.2, 0) is 22.5 Å². The molecule has 2 fully saturated rings. The van der Waals surface area contributed by atoms with Crippen LogP contribution < -0.4 is 0 Å². The molecule has 1 unspecified atom stereocenters. The first kappa shape index (κ1) is 19.0. The maximum Gasteiger partial charge on any atom is 0.340 e. The highest BCUT2D eigenvalue weighted by molar-refractivity contribution is 6.06. The third kappa shape index (κ3) is 3.30. The van der Waals surface area contributed by atoms with Gasteiger partial charge in [0, 0.05) is 48.1 Å². The summed E-state index contributed by atoms with van der Waals surface area (Å²) in [6.07, 6.45) is 7.97. The number of carbonyl (C=O) groups is 2. The largest absolute Gasteiger partial charge is 0.483 e. The summed E-state index contributed by atoms with van der Waals surface area (Å²) in [6.45, 7) is 0.765. The number of hydrogen-bond donors (Lipinski definition) is 1. The molecule has 4 heterocycles. The van der Waals surface area contributed by atoms with Crippen molar-refractivity contribution in [2.45, 2.75) is 69.7 Å². The maximum atomic E-state index is 13.1. The number of benzene rings is 1. The zero-order chi connectivity index (χ0) is 19.7. The van der Waals surface area contributed by atoms with E-state index >= 15 is 0 Å². The molecule has 5 rings (SSSR count). The quantitative estimate of drug-likeness (QED) is 0.634. The molecule has 2 aromatic rings. The second-order valence-corrected chi connectivity index (χ2v) is 8.10. The molecule has 3 atom stereocenters. The summed E-state index contributed by atoms with van der Waals surface area (Å²) in [7, 11) is 2.24. The van der Waals surface area contributed by atoms with Crippen LogP contribution in [0.1, 0.15) is 54.6 Å². The van der Waals surface area contributed by atoms with Crippen molar-refractivity contribution in [2.24, 2.45) is 0 Å². The van der Waals surface area contributed by atoms with Gasteiger partial charge in [-0.05, 0) is 38.8 Å². The first-order chi connectivity index (χ1) is 13.6. The summed E-state index contributed by atoms with van der Waals surface area (Å²) in [5.41, 5.74) is 3.19. The van der Waals surface area contributed by atoms with Crippen molar-refractivity contribution in [1.29, 1.82) is 0 Å². The van der Waals surface area contributed by atoms with Crippen molar-refractivity contribution >= 4 is 23.3 Å². The Morgan fingerprint density at radius 1 is 1.18 bits per heavy atom. The maximum absolute atomic E-state index is 13.1. The molecule has 28 heavy (non-hydrogen) atoms. The van der Waals surface area contributed by atoms with Gasteiger partial charge in [-0.3, -0.25) is 4.79 Å². The Balaban J connectivity index is 0.000000604. The lowest BCUT2D eigenvalue weighted by atomic mass is 9.83. The minimum atomic E-state index is -0.250. The zero-order valence-corrected chi connectivity index (χ0v) is 16.3. The fourth-order valence-corrected chi connectivity index (χ4v) is 5.38. The van der Waals surface area contributed by atoms with Crippen LogP contribution in [-0.4, -0.2) is 52.3 Å². The summed E-state index contributed by atoms with van der Waals surface area (Å²) in [6, 6.07) is 9.45. The molecule has 0 spiro atoms. The Morgan fingerprint density at radius 3 is 2.57 bits per heavy atom. The number of fused-ring (bicyclic) bond motifs is 5. The highest BCUT2D eigenvalue weighted by Gasteiger charge is 2.38. The van der Waals surface area contributed by atoms with Gasteiger partial charge in [0.15, 0.2) is 0 Å². The number of carbonyl (C=O) groups excluding carboxylic acids is 1. The predicted octanol–water partition coefficient (Wildman–Crippen LogP) is 3.46. The van der Waals surface area contributed by atoms with Crippen molar-refractivity contribution in [2.75, 3.05) is 7.05 Å². The molecule has 0 aliphatic carbocycles. The molecule has 6 heteroatoms. The van der Waals surface area contributed by atoms with Crippen molar-refractivity contribution in [3.05, 3.63) is 35.5 Å². The van der Waals surface area contributed by atoms with Gasteiger partial charge >= 0.3 is 5.97 Å². The second-order valence-electron chi connectivity index (χ2n) is 8.10. The van der Waals surface area contributed by atoms with E-state index in [2.05, 4.69) is 34.7 Å². The van der Waals surface area contributed by atoms with Crippen molar-refractivity contribution in [1.82, 2.24) is 9.47 Å². The summed E-state index contributed by atoms with van der Waals surface area (Å²) in [5.74, 6) is -0.0977. The molecular formula is C22H28N2O4. The van der Waals surface area contributed by atoms with E-state index in [1.807, 2.05) is 6.07 Å². The van der Waals surface area contributed by atoms with E-state index in [-0.39, 0.29) is 18.5 Å². The fraction of sp³-hybridized carbons (Fsp3) is 0.545. The van der Waals surface area contributed by atoms with E-state index in [0.717, 1.165) is 43.2 Å². The van der Waals surface area contributed by atoms with E-state index in [4.69, 9.17) is 14.6 Å². The third-order valence-corrected chi connectivity index (χ3v) is 6.65. The van der Waals surface area contributed by atoms with Crippen LogP contribution in [0.4, 0.5) is 0 Å². The Morgan fingerprint density at radius 2 is 1.86 bits per heavy atom. The number of para-hydroxylation sites is 1. The molecular weight excluding hydrogens is 356 g/mol. The lowest BCUT2D eigenvalue weighted by Gasteiger charge is -2.46. The Kier molecular flexibility index (Phi) is 5.40. The van der Waals surface area contributed by atoms with Gasteiger partial charge in [-0.1, -0.05) is 24.6 Å². The van der Waals surface area contributed by atoms with E-state index in [9.17, 15) is 4.79 Å². The SMILES string of the molecule is CN1[C@@H]2CCC[C@H]1CC(OC(=O)c1c3n(c4ccccc14)CCC3)C2.O=CO. The summed E-state index contributed by atoms with van der Waals surface area (Å²) >= 11 is 0. The minimum Gasteiger partial charge on any atom is -0.483 e. The number of hydrogen-bond acceptors (Lipinski definition) is 4. The molecule has 1 N–H and O–H groups in total. The molecule has 6 nitrogen and oxygen atoms in total.